The van der Waals surface area contributed by atoms with Crippen LogP contribution in [0.3, 0.4) is 0 Å². The highest BCUT2D eigenvalue weighted by Crippen LogP contribution is 2.07. The highest BCUT2D eigenvalue weighted by Gasteiger charge is 2.26. The summed E-state index contributed by atoms with van der Waals surface area (Å²) in [6, 6.07) is -0.161. The van der Waals surface area contributed by atoms with E-state index < -0.39 is 0 Å². The highest BCUT2D eigenvalue weighted by atomic mass is 16.5. The molecule has 2 amide bonds. The van der Waals surface area contributed by atoms with Crippen molar-refractivity contribution in [3.05, 3.63) is 0 Å². The summed E-state index contributed by atoms with van der Waals surface area (Å²) < 4.78 is 10.1. The molecule has 0 aromatic carbocycles. The predicted octanol–water partition coefficient (Wildman–Crippen LogP) is 0.712. The Labute approximate surface area is 108 Å². The van der Waals surface area contributed by atoms with E-state index >= 15 is 0 Å². The quantitative estimate of drug-likeness (QED) is 0.697. The van der Waals surface area contributed by atoms with Crippen LogP contribution in [0.4, 0.5) is 4.79 Å². The molecule has 1 heterocycles. The number of hydrogen-bond donors (Lipinski definition) is 0. The lowest BCUT2D eigenvalue weighted by molar-refractivity contribution is -0.144. The summed E-state index contributed by atoms with van der Waals surface area (Å²) in [5, 5.41) is 0. The van der Waals surface area contributed by atoms with Crippen LogP contribution in [0.5, 0.6) is 0 Å². The van der Waals surface area contributed by atoms with E-state index in [2.05, 4.69) is 0 Å². The van der Waals surface area contributed by atoms with Crippen LogP contribution >= 0.6 is 0 Å². The van der Waals surface area contributed by atoms with Gasteiger partial charge in [-0.2, -0.15) is 0 Å². The second kappa shape index (κ2) is 7.20. The SMILES string of the molecule is CCOC(=O)CN(C(=O)N1CCOCC1)C(C)C. The number of nitrogens with zero attached hydrogens (tertiary/aromatic N) is 2. The third-order valence-electron chi connectivity index (χ3n) is 2.76. The maximum Gasteiger partial charge on any atom is 0.325 e. The topological polar surface area (TPSA) is 59.1 Å². The molecule has 0 saturated carbocycles. The van der Waals surface area contributed by atoms with Crippen molar-refractivity contribution in [1.82, 2.24) is 9.80 Å². The van der Waals surface area contributed by atoms with Gasteiger partial charge in [0.1, 0.15) is 6.54 Å². The molecule has 0 unspecified atom stereocenters. The minimum atomic E-state index is -0.368. The molecule has 6 nitrogen and oxygen atoms in total. The van der Waals surface area contributed by atoms with Gasteiger partial charge in [0.15, 0.2) is 0 Å². The van der Waals surface area contributed by atoms with Crippen LogP contribution in [0.2, 0.25) is 0 Å². The first-order valence-corrected chi connectivity index (χ1v) is 6.35. The van der Waals surface area contributed by atoms with Crippen molar-refractivity contribution in [3.8, 4) is 0 Å². The molecule has 0 radical (unpaired) electrons. The van der Waals surface area contributed by atoms with Crippen LogP contribution in [-0.2, 0) is 14.3 Å². The van der Waals surface area contributed by atoms with Gasteiger partial charge in [0.2, 0.25) is 0 Å². The van der Waals surface area contributed by atoms with Crippen LogP contribution in [0.15, 0.2) is 0 Å². The zero-order valence-electron chi connectivity index (χ0n) is 11.3. The molecule has 1 aliphatic heterocycles. The Kier molecular flexibility index (Phi) is 5.91. The monoisotopic (exact) mass is 258 g/mol. The Balaban J connectivity index is 2.59. The van der Waals surface area contributed by atoms with Gasteiger partial charge in [0, 0.05) is 19.1 Å². The number of ether oxygens (including phenoxy) is 2. The molecular formula is C12H22N2O4. The number of carbonyl (C=O) groups excluding carboxylic acids is 2. The molecule has 6 heteroatoms. The summed E-state index contributed by atoms with van der Waals surface area (Å²) in [4.78, 5) is 27.0. The fraction of sp³-hybridized carbons (Fsp3) is 0.833. The van der Waals surface area contributed by atoms with Crippen LogP contribution in [0.1, 0.15) is 20.8 Å². The molecule has 1 rings (SSSR count). The molecule has 0 aliphatic carbocycles. The number of rotatable bonds is 4. The standard InChI is InChI=1S/C12H22N2O4/c1-4-18-11(15)9-14(10(2)3)12(16)13-5-7-17-8-6-13/h10H,4-9H2,1-3H3. The fourth-order valence-corrected chi connectivity index (χ4v) is 1.75. The number of urea groups is 1. The van der Waals surface area contributed by atoms with E-state index in [4.69, 9.17) is 9.47 Å². The van der Waals surface area contributed by atoms with Crippen LogP contribution in [0, 0.1) is 0 Å². The van der Waals surface area contributed by atoms with E-state index in [1.165, 1.54) is 4.90 Å². The Bertz CT molecular complexity index is 288. The van der Waals surface area contributed by atoms with Crippen molar-refractivity contribution in [3.63, 3.8) is 0 Å². The zero-order valence-corrected chi connectivity index (χ0v) is 11.3. The molecule has 1 saturated heterocycles. The Morgan fingerprint density at radius 2 is 1.94 bits per heavy atom. The molecule has 1 aliphatic rings. The molecule has 0 N–H and O–H groups in total. The Morgan fingerprint density at radius 3 is 2.44 bits per heavy atom. The second-order valence-electron chi connectivity index (χ2n) is 4.41. The number of hydrogen-bond acceptors (Lipinski definition) is 4. The smallest absolute Gasteiger partial charge is 0.325 e. The van der Waals surface area contributed by atoms with Crippen molar-refractivity contribution in [2.75, 3.05) is 39.5 Å². The average molecular weight is 258 g/mol. The minimum Gasteiger partial charge on any atom is -0.465 e. The van der Waals surface area contributed by atoms with E-state index in [1.807, 2.05) is 13.8 Å². The van der Waals surface area contributed by atoms with Gasteiger partial charge in [-0.15, -0.1) is 0 Å². The van der Waals surface area contributed by atoms with Gasteiger partial charge in [0.25, 0.3) is 0 Å². The van der Waals surface area contributed by atoms with Gasteiger partial charge in [-0.25, -0.2) is 4.79 Å². The van der Waals surface area contributed by atoms with Crippen LogP contribution in [-0.4, -0.2) is 67.3 Å². The summed E-state index contributed by atoms with van der Waals surface area (Å²) in [5.41, 5.74) is 0. The summed E-state index contributed by atoms with van der Waals surface area (Å²) in [6.45, 7) is 8.11. The molecule has 1 fully saturated rings. The Hall–Kier alpha value is -1.30. The molecule has 104 valence electrons. The molecular weight excluding hydrogens is 236 g/mol. The third-order valence-corrected chi connectivity index (χ3v) is 2.76. The second-order valence-corrected chi connectivity index (χ2v) is 4.41. The normalized spacial score (nSPS) is 15.7. The Morgan fingerprint density at radius 1 is 1.33 bits per heavy atom. The van der Waals surface area contributed by atoms with Crippen molar-refractivity contribution < 1.29 is 19.1 Å². The van der Waals surface area contributed by atoms with Gasteiger partial charge in [-0.1, -0.05) is 0 Å². The molecule has 0 bridgehead atoms. The average Bonchev–Trinajstić information content (AvgIpc) is 2.36. The van der Waals surface area contributed by atoms with Crippen molar-refractivity contribution >= 4 is 12.0 Å². The zero-order chi connectivity index (χ0) is 13.5. The van der Waals surface area contributed by atoms with E-state index in [-0.39, 0.29) is 24.6 Å². The molecule has 18 heavy (non-hydrogen) atoms. The van der Waals surface area contributed by atoms with Gasteiger partial charge in [0.05, 0.1) is 19.8 Å². The number of carbonyl (C=O) groups is 2. The van der Waals surface area contributed by atoms with Crippen molar-refractivity contribution in [2.24, 2.45) is 0 Å². The minimum absolute atomic E-state index is 0.00168. The summed E-state index contributed by atoms with van der Waals surface area (Å²) in [6.07, 6.45) is 0. The van der Waals surface area contributed by atoms with Crippen LogP contribution in [0.25, 0.3) is 0 Å². The fourth-order valence-electron chi connectivity index (χ4n) is 1.75. The summed E-state index contributed by atoms with van der Waals surface area (Å²) in [5.74, 6) is -0.368. The largest absolute Gasteiger partial charge is 0.465 e. The maximum atomic E-state index is 12.3. The van der Waals surface area contributed by atoms with E-state index in [0.717, 1.165) is 0 Å². The van der Waals surface area contributed by atoms with Gasteiger partial charge < -0.3 is 19.3 Å². The first kappa shape index (κ1) is 14.8. The maximum absolute atomic E-state index is 12.3. The molecule has 0 atom stereocenters. The van der Waals surface area contributed by atoms with Crippen molar-refractivity contribution in [1.29, 1.82) is 0 Å². The third kappa shape index (κ3) is 4.18. The number of esters is 1. The summed E-state index contributed by atoms with van der Waals surface area (Å²) in [7, 11) is 0. The summed E-state index contributed by atoms with van der Waals surface area (Å²) >= 11 is 0. The lowest BCUT2D eigenvalue weighted by Gasteiger charge is -2.34. The lowest BCUT2D eigenvalue weighted by Crippen LogP contribution is -2.52. The molecule has 0 spiro atoms. The highest BCUT2D eigenvalue weighted by molar-refractivity contribution is 5.81. The molecule has 0 aromatic heterocycles. The first-order valence-electron chi connectivity index (χ1n) is 6.35. The van der Waals surface area contributed by atoms with Crippen LogP contribution < -0.4 is 0 Å². The lowest BCUT2D eigenvalue weighted by atomic mass is 10.3. The van der Waals surface area contributed by atoms with Crippen molar-refractivity contribution in [2.45, 2.75) is 26.8 Å². The van der Waals surface area contributed by atoms with Gasteiger partial charge in [-0.05, 0) is 20.8 Å². The van der Waals surface area contributed by atoms with Gasteiger partial charge >= 0.3 is 12.0 Å². The van der Waals surface area contributed by atoms with E-state index in [9.17, 15) is 9.59 Å². The predicted molar refractivity (Wildman–Crippen MR) is 66.3 cm³/mol. The van der Waals surface area contributed by atoms with Gasteiger partial charge in [-0.3, -0.25) is 4.79 Å². The number of morpholine rings is 1. The van der Waals surface area contributed by atoms with E-state index in [0.29, 0.717) is 32.9 Å². The van der Waals surface area contributed by atoms with E-state index in [1.54, 1.807) is 11.8 Å². The first-order chi connectivity index (χ1) is 8.56. The molecule has 0 aromatic rings. The number of amides is 2.